The third-order valence-electron chi connectivity index (χ3n) is 7.54. The Morgan fingerprint density at radius 2 is 2.17 bits per heavy atom. The van der Waals surface area contributed by atoms with Gasteiger partial charge in [-0.25, -0.2) is 0 Å². The van der Waals surface area contributed by atoms with Gasteiger partial charge in [-0.2, -0.15) is 0 Å². The number of aliphatic carboxylic acids is 1. The van der Waals surface area contributed by atoms with Crippen LogP contribution >= 0.6 is 0 Å². The second-order valence-electron chi connectivity index (χ2n) is 9.06. The van der Waals surface area contributed by atoms with Crippen LogP contribution in [0.2, 0.25) is 0 Å². The maximum Gasteiger partial charge on any atom is 0.303 e. The van der Waals surface area contributed by atoms with Gasteiger partial charge >= 0.3 is 5.97 Å². The molecule has 7 nitrogen and oxygen atoms in total. The van der Waals surface area contributed by atoms with Gasteiger partial charge in [-0.05, 0) is 64.9 Å². The van der Waals surface area contributed by atoms with Gasteiger partial charge in [0.15, 0.2) is 11.5 Å². The minimum Gasteiger partial charge on any atom is -0.504 e. The van der Waals surface area contributed by atoms with Gasteiger partial charge in [0.2, 0.25) is 0 Å². The number of rotatable bonds is 7. The summed E-state index contributed by atoms with van der Waals surface area (Å²) < 4.78 is 12.8. The van der Waals surface area contributed by atoms with Crippen molar-refractivity contribution in [3.63, 3.8) is 0 Å². The van der Waals surface area contributed by atoms with Gasteiger partial charge in [0.25, 0.3) is 0 Å². The van der Waals surface area contributed by atoms with E-state index < -0.39 is 17.0 Å². The predicted octanol–water partition coefficient (Wildman–Crippen LogP) is 1.90. The van der Waals surface area contributed by atoms with E-state index in [4.69, 9.17) is 14.6 Å². The molecule has 0 saturated heterocycles. The van der Waals surface area contributed by atoms with Crippen molar-refractivity contribution in [2.24, 2.45) is 0 Å². The lowest BCUT2D eigenvalue weighted by Gasteiger charge is -2.60. The molecular formula is C22H32N2O5. The first-order valence-electron chi connectivity index (χ1n) is 10.4. The Morgan fingerprint density at radius 1 is 1.41 bits per heavy atom. The highest BCUT2D eigenvalue weighted by molar-refractivity contribution is 5.66. The van der Waals surface area contributed by atoms with E-state index in [2.05, 4.69) is 31.2 Å². The van der Waals surface area contributed by atoms with E-state index in [9.17, 15) is 9.90 Å². The van der Waals surface area contributed by atoms with Crippen molar-refractivity contribution in [2.45, 2.75) is 68.2 Å². The summed E-state index contributed by atoms with van der Waals surface area (Å²) in [6.07, 6.45) is 3.13. The highest BCUT2D eigenvalue weighted by Crippen LogP contribution is 2.63. The molecule has 1 aromatic rings. The normalized spacial score (nSPS) is 34.7. The Hall–Kier alpha value is -1.83. The predicted molar refractivity (Wildman–Crippen MR) is 109 cm³/mol. The van der Waals surface area contributed by atoms with E-state index in [0.717, 1.165) is 24.8 Å². The van der Waals surface area contributed by atoms with E-state index in [1.54, 1.807) is 13.2 Å². The van der Waals surface area contributed by atoms with Gasteiger partial charge in [-0.1, -0.05) is 6.07 Å². The van der Waals surface area contributed by atoms with E-state index in [0.29, 0.717) is 18.7 Å². The van der Waals surface area contributed by atoms with E-state index in [1.165, 1.54) is 5.56 Å². The van der Waals surface area contributed by atoms with Gasteiger partial charge < -0.3 is 29.9 Å². The van der Waals surface area contributed by atoms with Crippen LogP contribution in [0.4, 0.5) is 0 Å². The molecule has 3 aliphatic rings. The molecule has 29 heavy (non-hydrogen) atoms. The summed E-state index contributed by atoms with van der Waals surface area (Å²) in [5, 5.41) is 23.0. The van der Waals surface area contributed by atoms with Crippen LogP contribution in [0.5, 0.6) is 11.5 Å². The molecule has 160 valence electrons. The third kappa shape index (κ3) is 2.78. The molecule has 0 aromatic heterocycles. The first kappa shape index (κ1) is 20.4. The van der Waals surface area contributed by atoms with Crippen molar-refractivity contribution in [3.8, 4) is 11.5 Å². The molecular weight excluding hydrogens is 372 g/mol. The molecule has 2 aliphatic carbocycles. The molecule has 7 heteroatoms. The van der Waals surface area contributed by atoms with Crippen LogP contribution in [0.25, 0.3) is 0 Å². The van der Waals surface area contributed by atoms with Crippen molar-refractivity contribution in [2.75, 3.05) is 27.7 Å². The zero-order valence-corrected chi connectivity index (χ0v) is 17.7. The fourth-order valence-corrected chi connectivity index (χ4v) is 6.25. The van der Waals surface area contributed by atoms with Gasteiger partial charge in [0.1, 0.15) is 6.10 Å². The lowest BCUT2D eigenvalue weighted by molar-refractivity contribution is -0.171. The minimum atomic E-state index is -0.777. The number of ether oxygens (including phenoxy) is 2. The molecule has 1 heterocycles. The van der Waals surface area contributed by atoms with Crippen LogP contribution in [0, 0.1) is 0 Å². The highest BCUT2D eigenvalue weighted by atomic mass is 16.5. The van der Waals surface area contributed by atoms with Crippen LogP contribution in [0.15, 0.2) is 12.1 Å². The summed E-state index contributed by atoms with van der Waals surface area (Å²) >= 11 is 0. The van der Waals surface area contributed by atoms with Gasteiger partial charge in [-0.15, -0.1) is 0 Å². The van der Waals surface area contributed by atoms with Crippen LogP contribution in [-0.2, 0) is 21.4 Å². The topological polar surface area (TPSA) is 91.3 Å². The summed E-state index contributed by atoms with van der Waals surface area (Å²) in [5.41, 5.74) is 1.45. The van der Waals surface area contributed by atoms with Crippen molar-refractivity contribution < 1.29 is 24.5 Å². The number of carboxylic acids is 1. The first-order valence-corrected chi connectivity index (χ1v) is 10.4. The number of nitrogens with zero attached hydrogens (tertiary/aromatic N) is 1. The number of phenols is 1. The number of methoxy groups -OCH3 is 1. The summed E-state index contributed by atoms with van der Waals surface area (Å²) in [7, 11) is 6.00. The SMILES string of the molecule is CO[C@@]12CC[C@@H](NCCCC(=O)O)[C@@H]3Oc4c(O)ccc(c4C31C)CC2N(C)C. The maximum absolute atomic E-state index is 10.8. The maximum atomic E-state index is 10.8. The van der Waals surface area contributed by atoms with Crippen LogP contribution < -0.4 is 10.1 Å². The Labute approximate surface area is 172 Å². The molecule has 0 radical (unpaired) electrons. The number of carbonyl (C=O) groups is 1. The summed E-state index contributed by atoms with van der Waals surface area (Å²) in [4.78, 5) is 13.1. The average molecular weight is 405 g/mol. The van der Waals surface area contributed by atoms with Crippen molar-refractivity contribution in [1.29, 1.82) is 0 Å². The Kier molecular flexibility index (Phi) is 5.04. The summed E-state index contributed by atoms with van der Waals surface area (Å²) in [5.74, 6) is -0.00817. The molecule has 1 aromatic carbocycles. The minimum absolute atomic E-state index is 0.0673. The van der Waals surface area contributed by atoms with Crippen LogP contribution in [-0.4, -0.2) is 72.6 Å². The molecule has 5 atom stereocenters. The third-order valence-corrected chi connectivity index (χ3v) is 7.54. The largest absolute Gasteiger partial charge is 0.504 e. The fourth-order valence-electron chi connectivity index (χ4n) is 6.25. The lowest BCUT2D eigenvalue weighted by atomic mass is 9.52. The second-order valence-corrected chi connectivity index (χ2v) is 9.06. The smallest absolute Gasteiger partial charge is 0.303 e. The molecule has 3 N–H and O–H groups in total. The zero-order chi connectivity index (χ0) is 21.0. The average Bonchev–Trinajstić information content (AvgIpc) is 3.00. The van der Waals surface area contributed by atoms with Crippen molar-refractivity contribution in [3.05, 3.63) is 23.3 Å². The number of carboxylic acid groups (broad SMARTS) is 1. The number of likely N-dealkylation sites (N-methyl/N-ethyl adjacent to an activating group) is 1. The molecule has 1 saturated carbocycles. The number of hydrogen-bond donors (Lipinski definition) is 3. The lowest BCUT2D eigenvalue weighted by Crippen LogP contribution is -2.74. The molecule has 1 aliphatic heterocycles. The van der Waals surface area contributed by atoms with Gasteiger partial charge in [0, 0.05) is 31.2 Å². The quantitative estimate of drug-likeness (QED) is 0.598. The zero-order valence-electron chi connectivity index (χ0n) is 17.7. The number of aromatic hydroxyl groups is 1. The fraction of sp³-hybridized carbons (Fsp3) is 0.682. The Morgan fingerprint density at radius 3 is 2.83 bits per heavy atom. The van der Waals surface area contributed by atoms with Crippen molar-refractivity contribution in [1.82, 2.24) is 10.2 Å². The number of hydrogen-bond acceptors (Lipinski definition) is 6. The first-order chi connectivity index (χ1) is 13.8. The molecule has 4 rings (SSSR count). The van der Waals surface area contributed by atoms with Gasteiger partial charge in [0.05, 0.1) is 11.0 Å². The monoisotopic (exact) mass is 404 g/mol. The van der Waals surface area contributed by atoms with E-state index in [-0.39, 0.29) is 30.4 Å². The molecule has 0 amide bonds. The second kappa shape index (κ2) is 7.15. The van der Waals surface area contributed by atoms with Crippen LogP contribution in [0.3, 0.4) is 0 Å². The number of phenolic OH excluding ortho intramolecular Hbond substituents is 1. The van der Waals surface area contributed by atoms with Gasteiger partial charge in [-0.3, -0.25) is 4.79 Å². The Balaban J connectivity index is 1.74. The van der Waals surface area contributed by atoms with Crippen LogP contribution in [0.1, 0.15) is 43.7 Å². The Bertz CT molecular complexity index is 813. The molecule has 0 spiro atoms. The standard InChI is InChI=1S/C22H32N2O5/c1-21-18-13-7-8-15(25)19(18)29-20(21)14(23-11-5-6-17(26)27)9-10-22(21,28-4)16(12-13)24(2)3/h7-8,14,16,20,23,25H,5-6,9-12H2,1-4H3,(H,26,27)/t14-,16?,20+,21?,22-/m1/s1. The molecule has 2 unspecified atom stereocenters. The summed E-state index contributed by atoms with van der Waals surface area (Å²) in [6, 6.07) is 4.01. The highest BCUT2D eigenvalue weighted by Gasteiger charge is 2.69. The molecule has 0 bridgehead atoms. The number of benzene rings is 1. The van der Waals surface area contributed by atoms with E-state index in [1.807, 2.05) is 6.07 Å². The number of nitrogens with one attached hydrogen (secondary N) is 1. The van der Waals surface area contributed by atoms with Crippen molar-refractivity contribution >= 4 is 5.97 Å². The molecule has 1 fully saturated rings. The van der Waals surface area contributed by atoms with E-state index >= 15 is 0 Å². The summed E-state index contributed by atoms with van der Waals surface area (Å²) in [6.45, 7) is 2.84.